The van der Waals surface area contributed by atoms with Crippen LogP contribution >= 0.6 is 0 Å². The molecule has 1 amide bonds. The van der Waals surface area contributed by atoms with Gasteiger partial charge < -0.3 is 4.90 Å². The van der Waals surface area contributed by atoms with Gasteiger partial charge in [0.15, 0.2) is 9.84 Å². The lowest BCUT2D eigenvalue weighted by Crippen LogP contribution is -2.37. The van der Waals surface area contributed by atoms with Crippen LogP contribution in [0, 0.1) is 0 Å². The number of hydrogen-bond acceptors (Lipinski definition) is 3. The van der Waals surface area contributed by atoms with Gasteiger partial charge in [-0.1, -0.05) is 67.6 Å². The van der Waals surface area contributed by atoms with Gasteiger partial charge in [-0.2, -0.15) is 0 Å². The smallest absolute Gasteiger partial charge is 0.254 e. The molecule has 0 aliphatic heterocycles. The van der Waals surface area contributed by atoms with E-state index in [1.54, 1.807) is 54.6 Å². The van der Waals surface area contributed by atoms with Crippen LogP contribution < -0.4 is 0 Å². The molecule has 0 spiro atoms. The number of amides is 1. The second-order valence-electron chi connectivity index (χ2n) is 7.45. The molecule has 0 aromatic heterocycles. The Labute approximate surface area is 179 Å². The fourth-order valence-corrected chi connectivity index (χ4v) is 4.68. The first kappa shape index (κ1) is 21.8. The Balaban J connectivity index is 1.85. The summed E-state index contributed by atoms with van der Waals surface area (Å²) in [5.41, 5.74) is 2.18. The molecule has 3 aromatic carbocycles. The highest BCUT2D eigenvalue weighted by atomic mass is 32.2. The SMILES string of the molecule is CC[C@H](C)N(Cc1ccccc1)C(=O)c1cccc(CS(=O)(=O)c2ccccc2)c1. The van der Waals surface area contributed by atoms with E-state index in [1.807, 2.05) is 42.2 Å². The third-order valence-electron chi connectivity index (χ3n) is 5.21. The lowest BCUT2D eigenvalue weighted by molar-refractivity contribution is 0.0671. The highest BCUT2D eigenvalue weighted by Crippen LogP contribution is 2.20. The number of sulfone groups is 1. The fraction of sp³-hybridized carbons (Fsp3) is 0.240. The first-order chi connectivity index (χ1) is 14.4. The average Bonchev–Trinajstić information content (AvgIpc) is 2.77. The quantitative estimate of drug-likeness (QED) is 0.508. The van der Waals surface area contributed by atoms with Gasteiger partial charge in [-0.15, -0.1) is 0 Å². The van der Waals surface area contributed by atoms with Crippen molar-refractivity contribution in [2.75, 3.05) is 0 Å². The monoisotopic (exact) mass is 421 g/mol. The van der Waals surface area contributed by atoms with E-state index in [0.29, 0.717) is 17.7 Å². The van der Waals surface area contributed by atoms with Gasteiger partial charge in [-0.25, -0.2) is 8.42 Å². The van der Waals surface area contributed by atoms with Crippen LogP contribution in [0.3, 0.4) is 0 Å². The van der Waals surface area contributed by atoms with Crippen molar-refractivity contribution in [2.24, 2.45) is 0 Å². The Morgan fingerprint density at radius 2 is 1.47 bits per heavy atom. The Morgan fingerprint density at radius 1 is 0.867 bits per heavy atom. The van der Waals surface area contributed by atoms with E-state index in [-0.39, 0.29) is 22.6 Å². The van der Waals surface area contributed by atoms with Gasteiger partial charge in [0.2, 0.25) is 0 Å². The van der Waals surface area contributed by atoms with Crippen LogP contribution in [0.2, 0.25) is 0 Å². The first-order valence-corrected chi connectivity index (χ1v) is 11.8. The predicted octanol–water partition coefficient (Wildman–Crippen LogP) is 5.10. The van der Waals surface area contributed by atoms with E-state index in [9.17, 15) is 13.2 Å². The van der Waals surface area contributed by atoms with Gasteiger partial charge in [0.1, 0.15) is 0 Å². The average molecular weight is 422 g/mol. The minimum Gasteiger partial charge on any atom is -0.332 e. The number of carbonyl (C=O) groups excluding carboxylic acids is 1. The maximum atomic E-state index is 13.3. The van der Waals surface area contributed by atoms with Crippen LogP contribution in [0.1, 0.15) is 41.8 Å². The van der Waals surface area contributed by atoms with Crippen molar-refractivity contribution in [3.05, 3.63) is 102 Å². The van der Waals surface area contributed by atoms with E-state index >= 15 is 0 Å². The largest absolute Gasteiger partial charge is 0.332 e. The second-order valence-corrected chi connectivity index (χ2v) is 9.44. The van der Waals surface area contributed by atoms with Crippen LogP contribution in [-0.4, -0.2) is 25.3 Å². The maximum absolute atomic E-state index is 13.3. The number of carbonyl (C=O) groups is 1. The van der Waals surface area contributed by atoms with Crippen LogP contribution in [0.25, 0.3) is 0 Å². The highest BCUT2D eigenvalue weighted by Gasteiger charge is 2.22. The molecule has 30 heavy (non-hydrogen) atoms. The van der Waals surface area contributed by atoms with Gasteiger partial charge in [-0.05, 0) is 48.7 Å². The molecule has 0 unspecified atom stereocenters. The van der Waals surface area contributed by atoms with Gasteiger partial charge in [0.05, 0.1) is 10.6 Å². The number of hydrogen-bond donors (Lipinski definition) is 0. The minimum absolute atomic E-state index is 0.0643. The molecule has 0 aliphatic carbocycles. The van der Waals surface area contributed by atoms with Gasteiger partial charge >= 0.3 is 0 Å². The summed E-state index contributed by atoms with van der Waals surface area (Å²) in [4.78, 5) is 15.4. The summed E-state index contributed by atoms with van der Waals surface area (Å²) in [5, 5.41) is 0. The molecule has 0 saturated carbocycles. The molecule has 0 N–H and O–H groups in total. The molecule has 3 aromatic rings. The van der Waals surface area contributed by atoms with E-state index in [1.165, 1.54) is 0 Å². The van der Waals surface area contributed by atoms with Crippen LogP contribution in [0.15, 0.2) is 89.8 Å². The molecule has 156 valence electrons. The zero-order valence-corrected chi connectivity index (χ0v) is 18.2. The van der Waals surface area contributed by atoms with E-state index in [2.05, 4.69) is 6.92 Å². The molecule has 4 nitrogen and oxygen atoms in total. The molecule has 0 radical (unpaired) electrons. The molecule has 3 rings (SSSR count). The molecule has 5 heteroatoms. The fourth-order valence-electron chi connectivity index (χ4n) is 3.32. The maximum Gasteiger partial charge on any atom is 0.254 e. The van der Waals surface area contributed by atoms with E-state index in [4.69, 9.17) is 0 Å². The normalized spacial score (nSPS) is 12.3. The van der Waals surface area contributed by atoms with Crippen molar-refractivity contribution in [3.8, 4) is 0 Å². The molecule has 0 heterocycles. The van der Waals surface area contributed by atoms with Crippen LogP contribution in [0.5, 0.6) is 0 Å². The Kier molecular flexibility index (Phi) is 7.06. The molecule has 0 bridgehead atoms. The lowest BCUT2D eigenvalue weighted by Gasteiger charge is -2.29. The minimum atomic E-state index is -3.47. The summed E-state index contributed by atoms with van der Waals surface area (Å²) < 4.78 is 25.4. The van der Waals surface area contributed by atoms with Crippen molar-refractivity contribution in [3.63, 3.8) is 0 Å². The Bertz CT molecular complexity index is 1080. The Hall–Kier alpha value is -2.92. The molecular weight excluding hydrogens is 394 g/mol. The standard InChI is InChI=1S/C25H27NO3S/c1-3-20(2)26(18-21-11-6-4-7-12-21)25(27)23-14-10-13-22(17-23)19-30(28,29)24-15-8-5-9-16-24/h4-17,20H,3,18-19H2,1-2H3/t20-/m0/s1. The van der Waals surface area contributed by atoms with Crippen molar-refractivity contribution >= 4 is 15.7 Å². The molecule has 1 atom stereocenters. The molecule has 0 aliphatic rings. The third kappa shape index (κ3) is 5.36. The summed E-state index contributed by atoms with van der Waals surface area (Å²) in [5.74, 6) is -0.229. The predicted molar refractivity (Wildman–Crippen MR) is 120 cm³/mol. The van der Waals surface area contributed by atoms with Crippen molar-refractivity contribution in [1.29, 1.82) is 0 Å². The van der Waals surface area contributed by atoms with Crippen LogP contribution in [-0.2, 0) is 22.1 Å². The topological polar surface area (TPSA) is 54.5 Å². The number of nitrogens with zero attached hydrogens (tertiary/aromatic N) is 1. The zero-order valence-electron chi connectivity index (χ0n) is 17.4. The zero-order chi connectivity index (χ0) is 21.6. The summed E-state index contributed by atoms with van der Waals surface area (Å²) in [7, 11) is -3.47. The van der Waals surface area contributed by atoms with E-state index < -0.39 is 9.84 Å². The molecular formula is C25H27NO3S. The van der Waals surface area contributed by atoms with Gasteiger partial charge in [0.25, 0.3) is 5.91 Å². The molecule has 0 fully saturated rings. The summed E-state index contributed by atoms with van der Waals surface area (Å²) in [6, 6.07) is 25.3. The number of benzene rings is 3. The lowest BCUT2D eigenvalue weighted by atomic mass is 10.1. The Morgan fingerprint density at radius 3 is 2.10 bits per heavy atom. The van der Waals surface area contributed by atoms with Gasteiger partial charge in [-0.3, -0.25) is 4.79 Å². The van der Waals surface area contributed by atoms with Crippen molar-refractivity contribution in [2.45, 2.75) is 43.5 Å². The van der Waals surface area contributed by atoms with Gasteiger partial charge in [0, 0.05) is 18.2 Å². The highest BCUT2D eigenvalue weighted by molar-refractivity contribution is 7.90. The van der Waals surface area contributed by atoms with Crippen LogP contribution in [0.4, 0.5) is 0 Å². The summed E-state index contributed by atoms with van der Waals surface area (Å²) >= 11 is 0. The van der Waals surface area contributed by atoms with Crippen molar-refractivity contribution in [1.82, 2.24) is 4.90 Å². The summed E-state index contributed by atoms with van der Waals surface area (Å²) in [6.07, 6.45) is 0.834. The first-order valence-electron chi connectivity index (χ1n) is 10.1. The third-order valence-corrected chi connectivity index (χ3v) is 6.92. The molecule has 0 saturated heterocycles. The number of rotatable bonds is 8. The summed E-state index contributed by atoms with van der Waals surface area (Å²) in [6.45, 7) is 4.60. The second kappa shape index (κ2) is 9.72. The van der Waals surface area contributed by atoms with E-state index in [0.717, 1.165) is 12.0 Å². The van der Waals surface area contributed by atoms with Crippen molar-refractivity contribution < 1.29 is 13.2 Å².